The lowest BCUT2D eigenvalue weighted by molar-refractivity contribution is 0.0601. The zero-order valence-corrected chi connectivity index (χ0v) is 13.0. The number of esters is 1. The van der Waals surface area contributed by atoms with Crippen molar-refractivity contribution < 1.29 is 19.1 Å². The number of ether oxygens (including phenoxy) is 1. The number of rotatable bonds is 4. The van der Waals surface area contributed by atoms with Crippen LogP contribution in [0.1, 0.15) is 36.1 Å². The minimum Gasteiger partial charge on any atom is -0.465 e. The Hall–Kier alpha value is -2.68. The normalized spacial score (nSPS) is 10.3. The Bertz CT molecular complexity index is 762. The molecule has 0 radical (unpaired) electrons. The van der Waals surface area contributed by atoms with Crippen LogP contribution in [0.2, 0.25) is 0 Å². The van der Waals surface area contributed by atoms with Gasteiger partial charge in [0, 0.05) is 13.2 Å². The lowest BCUT2D eigenvalue weighted by atomic mass is 10.1. The number of nitrogens with zero attached hydrogens (tertiary/aromatic N) is 2. The van der Waals surface area contributed by atoms with E-state index in [9.17, 15) is 14.4 Å². The number of nitrogens with two attached hydrogens (primary N) is 1. The van der Waals surface area contributed by atoms with Crippen molar-refractivity contribution >= 4 is 34.1 Å². The fraction of sp³-hybridized carbons (Fsp3) is 0.231. The van der Waals surface area contributed by atoms with Crippen molar-refractivity contribution in [2.45, 2.75) is 6.92 Å². The van der Waals surface area contributed by atoms with Crippen LogP contribution in [-0.4, -0.2) is 34.7 Å². The molecule has 8 nitrogen and oxygen atoms in total. The predicted molar refractivity (Wildman–Crippen MR) is 80.1 cm³/mol. The van der Waals surface area contributed by atoms with Crippen LogP contribution < -0.4 is 11.1 Å². The van der Waals surface area contributed by atoms with Crippen LogP contribution in [0.5, 0.6) is 0 Å². The summed E-state index contributed by atoms with van der Waals surface area (Å²) >= 11 is 0.932. The molecule has 0 aliphatic rings. The summed E-state index contributed by atoms with van der Waals surface area (Å²) in [6.45, 7) is 1.57. The molecule has 0 saturated heterocycles. The standard InChI is InChI=1S/C13H14N4O4S/c1-6-8(13(20)21-3)12(22-9(6)10(14)18)16-11(19)7-4-5-15-17(7)2/h4-5H,1-3H3,(H2,14,18)(H,16,19). The van der Waals surface area contributed by atoms with Gasteiger partial charge in [-0.3, -0.25) is 14.3 Å². The van der Waals surface area contributed by atoms with Crippen LogP contribution in [-0.2, 0) is 11.8 Å². The summed E-state index contributed by atoms with van der Waals surface area (Å²) in [6.07, 6.45) is 1.48. The van der Waals surface area contributed by atoms with Crippen LogP contribution in [0.15, 0.2) is 12.3 Å². The van der Waals surface area contributed by atoms with Crippen LogP contribution >= 0.6 is 11.3 Å². The summed E-state index contributed by atoms with van der Waals surface area (Å²) in [5.41, 5.74) is 6.09. The lowest BCUT2D eigenvalue weighted by Gasteiger charge is -2.06. The van der Waals surface area contributed by atoms with Gasteiger partial charge in [0.1, 0.15) is 10.7 Å². The van der Waals surface area contributed by atoms with Crippen molar-refractivity contribution in [2.75, 3.05) is 12.4 Å². The maximum absolute atomic E-state index is 12.2. The highest BCUT2D eigenvalue weighted by molar-refractivity contribution is 7.18. The molecule has 2 aromatic heterocycles. The fourth-order valence-electron chi connectivity index (χ4n) is 1.95. The van der Waals surface area contributed by atoms with Crippen LogP contribution in [0.4, 0.5) is 5.00 Å². The summed E-state index contributed by atoms with van der Waals surface area (Å²) in [6, 6.07) is 1.53. The number of anilines is 1. The molecular formula is C13H14N4O4S. The van der Waals surface area contributed by atoms with E-state index in [4.69, 9.17) is 10.5 Å². The smallest absolute Gasteiger partial charge is 0.341 e. The number of aromatic nitrogens is 2. The molecular weight excluding hydrogens is 308 g/mol. The van der Waals surface area contributed by atoms with Crippen molar-refractivity contribution in [2.24, 2.45) is 12.8 Å². The third-order valence-electron chi connectivity index (χ3n) is 3.04. The van der Waals surface area contributed by atoms with Gasteiger partial charge >= 0.3 is 5.97 Å². The number of nitrogens with one attached hydrogen (secondary N) is 1. The fourth-order valence-corrected chi connectivity index (χ4v) is 2.99. The quantitative estimate of drug-likeness (QED) is 0.812. The highest BCUT2D eigenvalue weighted by Crippen LogP contribution is 2.33. The maximum Gasteiger partial charge on any atom is 0.341 e. The van der Waals surface area contributed by atoms with E-state index in [1.54, 1.807) is 14.0 Å². The number of primary amides is 1. The lowest BCUT2D eigenvalue weighted by Crippen LogP contribution is -2.17. The Balaban J connectivity index is 2.44. The van der Waals surface area contributed by atoms with Gasteiger partial charge in [-0.15, -0.1) is 11.3 Å². The van der Waals surface area contributed by atoms with E-state index in [1.165, 1.54) is 24.1 Å². The average Bonchev–Trinajstić information content (AvgIpc) is 3.02. The number of carbonyl (C=O) groups excluding carboxylic acids is 3. The van der Waals surface area contributed by atoms with Gasteiger partial charge in [0.25, 0.3) is 11.8 Å². The highest BCUT2D eigenvalue weighted by Gasteiger charge is 2.26. The third kappa shape index (κ3) is 2.70. The second kappa shape index (κ2) is 5.98. The summed E-state index contributed by atoms with van der Waals surface area (Å²) in [5, 5.41) is 6.71. The molecule has 2 heterocycles. The van der Waals surface area contributed by atoms with Crippen molar-refractivity contribution in [1.82, 2.24) is 9.78 Å². The molecule has 116 valence electrons. The minimum atomic E-state index is -0.673. The Kier molecular flexibility index (Phi) is 4.27. The molecule has 3 N–H and O–H groups in total. The molecule has 2 amide bonds. The molecule has 0 aromatic carbocycles. The Morgan fingerprint density at radius 1 is 1.41 bits per heavy atom. The first-order valence-electron chi connectivity index (χ1n) is 6.17. The number of thiophene rings is 1. The first-order valence-corrected chi connectivity index (χ1v) is 6.99. The molecule has 22 heavy (non-hydrogen) atoms. The van der Waals surface area contributed by atoms with Gasteiger partial charge in [0.05, 0.1) is 17.6 Å². The first kappa shape index (κ1) is 15.7. The van der Waals surface area contributed by atoms with E-state index >= 15 is 0 Å². The van der Waals surface area contributed by atoms with Crippen LogP contribution in [0, 0.1) is 6.92 Å². The highest BCUT2D eigenvalue weighted by atomic mass is 32.1. The van der Waals surface area contributed by atoms with Gasteiger partial charge in [0.2, 0.25) is 0 Å². The van der Waals surface area contributed by atoms with Crippen molar-refractivity contribution in [3.8, 4) is 0 Å². The van der Waals surface area contributed by atoms with Gasteiger partial charge in [0.15, 0.2) is 0 Å². The molecule has 2 aromatic rings. The Labute approximate surface area is 129 Å². The molecule has 9 heteroatoms. The summed E-state index contributed by atoms with van der Waals surface area (Å²) < 4.78 is 6.09. The molecule has 0 fully saturated rings. The van der Waals surface area contributed by atoms with Gasteiger partial charge in [-0.1, -0.05) is 0 Å². The molecule has 2 rings (SSSR count). The number of amides is 2. The van der Waals surface area contributed by atoms with Gasteiger partial charge < -0.3 is 15.8 Å². The van der Waals surface area contributed by atoms with Crippen molar-refractivity contribution in [3.63, 3.8) is 0 Å². The monoisotopic (exact) mass is 322 g/mol. The van der Waals surface area contributed by atoms with E-state index < -0.39 is 17.8 Å². The first-order chi connectivity index (χ1) is 10.4. The van der Waals surface area contributed by atoms with E-state index in [2.05, 4.69) is 10.4 Å². The Morgan fingerprint density at radius 2 is 2.09 bits per heavy atom. The third-order valence-corrected chi connectivity index (χ3v) is 4.26. The zero-order chi connectivity index (χ0) is 16.4. The summed E-state index contributed by atoms with van der Waals surface area (Å²) in [7, 11) is 2.83. The summed E-state index contributed by atoms with van der Waals surface area (Å²) in [5.74, 6) is -1.78. The molecule has 0 saturated carbocycles. The number of methoxy groups -OCH3 is 1. The molecule has 0 unspecified atom stereocenters. The number of carbonyl (C=O) groups is 3. The molecule has 0 bridgehead atoms. The molecule has 0 aliphatic carbocycles. The average molecular weight is 322 g/mol. The number of aryl methyl sites for hydroxylation is 1. The topological polar surface area (TPSA) is 116 Å². The molecule has 0 spiro atoms. The second-order valence-corrected chi connectivity index (χ2v) is 5.43. The Morgan fingerprint density at radius 3 is 2.59 bits per heavy atom. The predicted octanol–water partition coefficient (Wildman–Crippen LogP) is 0.928. The van der Waals surface area contributed by atoms with Crippen molar-refractivity contribution in [1.29, 1.82) is 0 Å². The second-order valence-electron chi connectivity index (χ2n) is 4.41. The largest absolute Gasteiger partial charge is 0.465 e. The van der Waals surface area contributed by atoms with Gasteiger partial charge in [-0.25, -0.2) is 4.79 Å². The molecule has 0 aliphatic heterocycles. The summed E-state index contributed by atoms with van der Waals surface area (Å²) in [4.78, 5) is 35.7. The minimum absolute atomic E-state index is 0.122. The van der Waals surface area contributed by atoms with E-state index in [0.717, 1.165) is 11.3 Å². The van der Waals surface area contributed by atoms with E-state index in [1.807, 2.05) is 0 Å². The van der Waals surface area contributed by atoms with Crippen LogP contribution in [0.25, 0.3) is 0 Å². The number of hydrogen-bond donors (Lipinski definition) is 2. The van der Waals surface area contributed by atoms with E-state index in [0.29, 0.717) is 11.3 Å². The number of hydrogen-bond acceptors (Lipinski definition) is 6. The zero-order valence-electron chi connectivity index (χ0n) is 12.2. The van der Waals surface area contributed by atoms with E-state index in [-0.39, 0.29) is 15.4 Å². The molecule has 0 atom stereocenters. The van der Waals surface area contributed by atoms with Gasteiger partial charge in [-0.05, 0) is 18.6 Å². The van der Waals surface area contributed by atoms with Crippen molar-refractivity contribution in [3.05, 3.63) is 34.0 Å². The maximum atomic E-state index is 12.2. The van der Waals surface area contributed by atoms with Crippen LogP contribution in [0.3, 0.4) is 0 Å². The SMILES string of the molecule is COC(=O)c1c(NC(=O)c2ccnn2C)sc(C(N)=O)c1C. The van der Waals surface area contributed by atoms with Gasteiger partial charge in [-0.2, -0.15) is 5.10 Å².